The number of aryl methyl sites for hydroxylation is 1. The highest BCUT2D eigenvalue weighted by molar-refractivity contribution is 5.88. The van der Waals surface area contributed by atoms with Gasteiger partial charge in [0.15, 0.2) is 0 Å². The highest BCUT2D eigenvalue weighted by atomic mass is 19.4. The van der Waals surface area contributed by atoms with Gasteiger partial charge in [0.1, 0.15) is 0 Å². The predicted molar refractivity (Wildman–Crippen MR) is 117 cm³/mol. The first-order chi connectivity index (χ1) is 15.3. The van der Waals surface area contributed by atoms with E-state index in [9.17, 15) is 18.0 Å². The number of carbonyl (C=O) groups is 1. The molecule has 0 radical (unpaired) electrons. The van der Waals surface area contributed by atoms with Gasteiger partial charge in [0.25, 0.3) is 0 Å². The minimum absolute atomic E-state index is 0.112. The van der Waals surface area contributed by atoms with Gasteiger partial charge in [-0.15, -0.1) is 0 Å². The molecule has 0 spiro atoms. The number of halogens is 3. The summed E-state index contributed by atoms with van der Waals surface area (Å²) in [6.45, 7) is 7.39. The van der Waals surface area contributed by atoms with Crippen LogP contribution in [0, 0.1) is 0 Å². The molecule has 0 saturated carbocycles. The van der Waals surface area contributed by atoms with Crippen LogP contribution in [0.2, 0.25) is 0 Å². The van der Waals surface area contributed by atoms with Crippen molar-refractivity contribution in [3.8, 4) is 11.3 Å². The van der Waals surface area contributed by atoms with Crippen LogP contribution < -0.4 is 5.32 Å². The van der Waals surface area contributed by atoms with Crippen molar-refractivity contribution >= 4 is 17.3 Å². The molecule has 1 N–H and O–H groups in total. The first-order valence-electron chi connectivity index (χ1n) is 10.3. The lowest BCUT2D eigenvalue weighted by molar-refractivity contribution is -0.137. The summed E-state index contributed by atoms with van der Waals surface area (Å²) < 4.78 is 40.7. The first-order valence-corrected chi connectivity index (χ1v) is 10.3. The van der Waals surface area contributed by atoms with Crippen molar-refractivity contribution < 1.29 is 18.0 Å². The molecule has 3 aromatic rings. The van der Waals surface area contributed by atoms with E-state index in [1.165, 1.54) is 18.2 Å². The fourth-order valence-corrected chi connectivity index (χ4v) is 3.93. The van der Waals surface area contributed by atoms with Gasteiger partial charge in [-0.25, -0.2) is 4.98 Å². The number of anilines is 2. The highest BCUT2D eigenvalue weighted by Crippen LogP contribution is 2.38. The van der Waals surface area contributed by atoms with E-state index in [2.05, 4.69) is 16.9 Å². The van der Waals surface area contributed by atoms with E-state index in [1.54, 1.807) is 11.2 Å². The Bertz CT molecular complexity index is 1150. The maximum atomic E-state index is 12.9. The van der Waals surface area contributed by atoms with E-state index in [4.69, 9.17) is 0 Å². The van der Waals surface area contributed by atoms with Crippen LogP contribution in [-0.2, 0) is 30.5 Å². The van der Waals surface area contributed by atoms with Crippen LogP contribution in [0.3, 0.4) is 0 Å². The monoisotopic (exact) mass is 440 g/mol. The van der Waals surface area contributed by atoms with E-state index in [0.717, 1.165) is 46.7 Å². The summed E-state index contributed by atoms with van der Waals surface area (Å²) in [6.07, 6.45) is 1.29. The van der Waals surface area contributed by atoms with Gasteiger partial charge >= 0.3 is 6.18 Å². The average molecular weight is 440 g/mol. The molecule has 4 rings (SSSR count). The van der Waals surface area contributed by atoms with Crippen molar-refractivity contribution in [3.63, 3.8) is 0 Å². The van der Waals surface area contributed by atoms with Crippen LogP contribution in [0.15, 0.2) is 61.6 Å². The molecular formula is C24H23F3N4O. The van der Waals surface area contributed by atoms with Crippen molar-refractivity contribution in [2.24, 2.45) is 0 Å². The average Bonchev–Trinajstić information content (AvgIpc) is 3.26. The van der Waals surface area contributed by atoms with Crippen molar-refractivity contribution in [1.29, 1.82) is 0 Å². The molecule has 8 heteroatoms. The molecule has 0 bridgehead atoms. The summed E-state index contributed by atoms with van der Waals surface area (Å²) in [5, 5.41) is 3.26. The molecule has 1 amide bonds. The number of amides is 1. The van der Waals surface area contributed by atoms with Gasteiger partial charge < -0.3 is 14.8 Å². The minimum Gasteiger partial charge on any atom is -0.355 e. The Balaban J connectivity index is 1.74. The van der Waals surface area contributed by atoms with Crippen LogP contribution in [0.1, 0.15) is 23.6 Å². The summed E-state index contributed by atoms with van der Waals surface area (Å²) in [5.74, 6) is -0.112. The number of imidazole rings is 1. The Morgan fingerprint density at radius 3 is 2.59 bits per heavy atom. The predicted octanol–water partition coefficient (Wildman–Crippen LogP) is 5.40. The second-order valence-electron chi connectivity index (χ2n) is 7.63. The molecule has 2 aromatic carbocycles. The molecule has 1 aliphatic rings. The highest BCUT2D eigenvalue weighted by Gasteiger charge is 2.30. The molecule has 1 aromatic heterocycles. The molecule has 0 aliphatic carbocycles. The summed E-state index contributed by atoms with van der Waals surface area (Å²) in [7, 11) is 0. The number of nitrogens with one attached hydrogen (secondary N) is 1. The Hall–Kier alpha value is -3.55. The molecule has 0 saturated heterocycles. The van der Waals surface area contributed by atoms with Crippen molar-refractivity contribution in [1.82, 2.24) is 14.5 Å². The van der Waals surface area contributed by atoms with Gasteiger partial charge in [-0.2, -0.15) is 13.2 Å². The van der Waals surface area contributed by atoms with Crippen LogP contribution in [0.5, 0.6) is 0 Å². The quantitative estimate of drug-likeness (QED) is 0.541. The number of alkyl halides is 3. The number of hydrogen-bond donors (Lipinski definition) is 1. The third-order valence-electron chi connectivity index (χ3n) is 5.63. The van der Waals surface area contributed by atoms with Crippen LogP contribution in [0.25, 0.3) is 11.3 Å². The van der Waals surface area contributed by atoms with Gasteiger partial charge in [0, 0.05) is 42.8 Å². The number of carbonyl (C=O) groups excluding carboxylic acids is 1. The third kappa shape index (κ3) is 4.26. The van der Waals surface area contributed by atoms with Crippen LogP contribution in [-0.4, -0.2) is 26.9 Å². The van der Waals surface area contributed by atoms with Gasteiger partial charge in [0.05, 0.1) is 17.6 Å². The second kappa shape index (κ2) is 8.53. The molecule has 0 unspecified atom stereocenters. The van der Waals surface area contributed by atoms with E-state index < -0.39 is 11.7 Å². The molecular weight excluding hydrogens is 417 g/mol. The fraction of sp³-hybridized carbons (Fsp3) is 0.250. The maximum absolute atomic E-state index is 12.9. The van der Waals surface area contributed by atoms with Crippen LogP contribution >= 0.6 is 0 Å². The maximum Gasteiger partial charge on any atom is 0.416 e. The zero-order valence-electron chi connectivity index (χ0n) is 17.6. The molecule has 32 heavy (non-hydrogen) atoms. The number of nitrogens with zero attached hydrogens (tertiary/aromatic N) is 3. The molecule has 0 atom stereocenters. The van der Waals surface area contributed by atoms with Crippen LogP contribution in [0.4, 0.5) is 24.5 Å². The number of fused-ring (bicyclic) bond motifs is 1. The summed E-state index contributed by atoms with van der Waals surface area (Å²) in [5.41, 5.74) is 4.40. The van der Waals surface area contributed by atoms with Crippen molar-refractivity contribution in [2.75, 3.05) is 11.9 Å². The summed E-state index contributed by atoms with van der Waals surface area (Å²) >= 11 is 0. The minimum atomic E-state index is -4.38. The molecule has 2 heterocycles. The Labute approximate surface area is 184 Å². The second-order valence-corrected chi connectivity index (χ2v) is 7.63. The lowest BCUT2D eigenvalue weighted by Gasteiger charge is -2.30. The third-order valence-corrected chi connectivity index (χ3v) is 5.63. The van der Waals surface area contributed by atoms with Crippen molar-refractivity contribution in [3.05, 3.63) is 78.3 Å². The topological polar surface area (TPSA) is 50.2 Å². The number of rotatable bonds is 5. The SMILES string of the molecule is C=CC(=O)N1CCc2c(ccc(Nc3ccc(C(F)(F)F)cc3)c2-c2cn(CC)cn2)C1. The number of aromatic nitrogens is 2. The standard InChI is InChI=1S/C24H23F3N4O/c1-3-22(32)31-12-11-19-16(13-31)5-10-20(23(19)21-14-30(4-2)15-28-21)29-18-8-6-17(7-9-18)24(25,26)27/h3,5-10,14-15,29H,1,4,11-13H2,2H3. The lowest BCUT2D eigenvalue weighted by atomic mass is 9.91. The molecule has 0 fully saturated rings. The first kappa shape index (κ1) is 21.7. The van der Waals surface area contributed by atoms with Gasteiger partial charge in [-0.1, -0.05) is 12.6 Å². The molecule has 1 aliphatic heterocycles. The van der Waals surface area contributed by atoms with E-state index in [1.807, 2.05) is 29.8 Å². The summed E-state index contributed by atoms with van der Waals surface area (Å²) in [6, 6.07) is 8.79. The fourth-order valence-electron chi connectivity index (χ4n) is 3.93. The Kier molecular flexibility index (Phi) is 5.78. The normalized spacial score (nSPS) is 13.6. The Morgan fingerprint density at radius 1 is 1.22 bits per heavy atom. The van der Waals surface area contributed by atoms with Gasteiger partial charge in [-0.3, -0.25) is 4.79 Å². The number of benzene rings is 2. The smallest absolute Gasteiger partial charge is 0.355 e. The molecule has 5 nitrogen and oxygen atoms in total. The zero-order chi connectivity index (χ0) is 22.9. The summed E-state index contributed by atoms with van der Waals surface area (Å²) in [4.78, 5) is 18.4. The Morgan fingerprint density at radius 2 is 1.97 bits per heavy atom. The van der Waals surface area contributed by atoms with Gasteiger partial charge in [0.2, 0.25) is 5.91 Å². The lowest BCUT2D eigenvalue weighted by Crippen LogP contribution is -2.35. The van der Waals surface area contributed by atoms with Crippen molar-refractivity contribution in [2.45, 2.75) is 32.6 Å². The van der Waals surface area contributed by atoms with E-state index in [-0.39, 0.29) is 5.91 Å². The van der Waals surface area contributed by atoms with Gasteiger partial charge in [-0.05, 0) is 60.9 Å². The largest absolute Gasteiger partial charge is 0.416 e. The molecule has 166 valence electrons. The van der Waals surface area contributed by atoms with E-state index in [0.29, 0.717) is 25.2 Å². The zero-order valence-corrected chi connectivity index (χ0v) is 17.6. The number of hydrogen-bond acceptors (Lipinski definition) is 3. The van der Waals surface area contributed by atoms with E-state index >= 15 is 0 Å².